The van der Waals surface area contributed by atoms with Crippen LogP contribution in [0.15, 0.2) is 48.8 Å². The molecule has 19 heavy (non-hydrogen) atoms. The number of benzene rings is 1. The van der Waals surface area contributed by atoms with Crippen LogP contribution in [0.4, 0.5) is 11.4 Å². The number of nitrogens with zero attached hydrogens (tertiary/aromatic N) is 1. The van der Waals surface area contributed by atoms with Crippen LogP contribution in [0.5, 0.6) is 0 Å². The number of rotatable bonds is 5. The minimum atomic E-state index is -0.154. The summed E-state index contributed by atoms with van der Waals surface area (Å²) in [6.07, 6.45) is 4.31. The molecular formula is C15H17N3O. The number of para-hydroxylation sites is 1. The maximum atomic E-state index is 12.1. The number of hydrogen-bond donors (Lipinski definition) is 2. The lowest BCUT2D eigenvalue weighted by atomic mass is 10.2. The van der Waals surface area contributed by atoms with E-state index in [1.54, 1.807) is 18.5 Å². The average Bonchev–Trinajstić information content (AvgIpc) is 2.46. The SMILES string of the molecule is CCCNc1cncc(C(=O)Nc2ccccc2)c1. The number of pyridine rings is 1. The smallest absolute Gasteiger partial charge is 0.257 e. The summed E-state index contributed by atoms with van der Waals surface area (Å²) in [5, 5.41) is 6.05. The zero-order chi connectivity index (χ0) is 13.5. The largest absolute Gasteiger partial charge is 0.384 e. The Morgan fingerprint density at radius 2 is 1.95 bits per heavy atom. The van der Waals surface area contributed by atoms with E-state index < -0.39 is 0 Å². The van der Waals surface area contributed by atoms with E-state index in [1.165, 1.54) is 0 Å². The molecule has 0 saturated carbocycles. The lowest BCUT2D eigenvalue weighted by Crippen LogP contribution is -2.12. The molecule has 0 saturated heterocycles. The Hall–Kier alpha value is -2.36. The van der Waals surface area contributed by atoms with Crippen molar-refractivity contribution in [3.63, 3.8) is 0 Å². The van der Waals surface area contributed by atoms with Crippen molar-refractivity contribution in [1.82, 2.24) is 4.98 Å². The minimum absolute atomic E-state index is 0.154. The summed E-state index contributed by atoms with van der Waals surface area (Å²) < 4.78 is 0. The number of anilines is 2. The molecule has 0 atom stereocenters. The summed E-state index contributed by atoms with van der Waals surface area (Å²) in [4.78, 5) is 16.1. The molecule has 2 rings (SSSR count). The van der Waals surface area contributed by atoms with Crippen molar-refractivity contribution >= 4 is 17.3 Å². The van der Waals surface area contributed by atoms with Crippen molar-refractivity contribution in [3.05, 3.63) is 54.4 Å². The summed E-state index contributed by atoms with van der Waals surface area (Å²) in [7, 11) is 0. The highest BCUT2D eigenvalue weighted by Gasteiger charge is 2.07. The van der Waals surface area contributed by atoms with E-state index in [-0.39, 0.29) is 5.91 Å². The summed E-state index contributed by atoms with van der Waals surface area (Å²) >= 11 is 0. The molecule has 4 heteroatoms. The summed E-state index contributed by atoms with van der Waals surface area (Å²) in [6.45, 7) is 2.96. The zero-order valence-corrected chi connectivity index (χ0v) is 10.9. The zero-order valence-electron chi connectivity index (χ0n) is 10.9. The fraction of sp³-hybridized carbons (Fsp3) is 0.200. The lowest BCUT2D eigenvalue weighted by molar-refractivity contribution is 0.102. The first-order valence-electron chi connectivity index (χ1n) is 6.35. The van der Waals surface area contributed by atoms with Crippen molar-refractivity contribution in [2.45, 2.75) is 13.3 Å². The highest BCUT2D eigenvalue weighted by molar-refractivity contribution is 6.04. The van der Waals surface area contributed by atoms with Gasteiger partial charge in [0.15, 0.2) is 0 Å². The second kappa shape index (κ2) is 6.54. The van der Waals surface area contributed by atoms with E-state index in [0.717, 1.165) is 24.3 Å². The van der Waals surface area contributed by atoms with Gasteiger partial charge in [0.2, 0.25) is 0 Å². The third-order valence-corrected chi connectivity index (χ3v) is 2.61. The van der Waals surface area contributed by atoms with Crippen LogP contribution >= 0.6 is 0 Å². The average molecular weight is 255 g/mol. The van der Waals surface area contributed by atoms with Crippen LogP contribution in [0.1, 0.15) is 23.7 Å². The first-order valence-corrected chi connectivity index (χ1v) is 6.35. The van der Waals surface area contributed by atoms with Gasteiger partial charge in [-0.25, -0.2) is 0 Å². The van der Waals surface area contributed by atoms with E-state index in [4.69, 9.17) is 0 Å². The van der Waals surface area contributed by atoms with Gasteiger partial charge in [-0.1, -0.05) is 25.1 Å². The number of carbonyl (C=O) groups excluding carboxylic acids is 1. The second-order valence-electron chi connectivity index (χ2n) is 4.21. The summed E-state index contributed by atoms with van der Waals surface area (Å²) in [5.74, 6) is -0.154. The highest BCUT2D eigenvalue weighted by Crippen LogP contribution is 2.11. The van der Waals surface area contributed by atoms with Gasteiger partial charge in [0, 0.05) is 24.6 Å². The molecule has 0 unspecified atom stereocenters. The standard InChI is InChI=1S/C15H17N3O/c1-2-8-17-14-9-12(10-16-11-14)15(19)18-13-6-4-3-5-7-13/h3-7,9-11,17H,2,8H2,1H3,(H,18,19). The fourth-order valence-electron chi connectivity index (χ4n) is 1.65. The monoisotopic (exact) mass is 255 g/mol. The highest BCUT2D eigenvalue weighted by atomic mass is 16.1. The predicted octanol–water partition coefficient (Wildman–Crippen LogP) is 3.16. The van der Waals surface area contributed by atoms with Gasteiger partial charge < -0.3 is 10.6 Å². The molecule has 0 fully saturated rings. The number of nitrogens with one attached hydrogen (secondary N) is 2. The minimum Gasteiger partial charge on any atom is -0.384 e. The number of hydrogen-bond acceptors (Lipinski definition) is 3. The van der Waals surface area contributed by atoms with E-state index in [0.29, 0.717) is 5.56 Å². The molecular weight excluding hydrogens is 238 g/mol. The molecule has 0 spiro atoms. The van der Waals surface area contributed by atoms with Crippen molar-refractivity contribution in [3.8, 4) is 0 Å². The lowest BCUT2D eigenvalue weighted by Gasteiger charge is -2.07. The number of amides is 1. The molecule has 98 valence electrons. The maximum absolute atomic E-state index is 12.1. The quantitative estimate of drug-likeness (QED) is 0.863. The van der Waals surface area contributed by atoms with Crippen LogP contribution in [0.25, 0.3) is 0 Å². The van der Waals surface area contributed by atoms with Crippen molar-refractivity contribution in [1.29, 1.82) is 0 Å². The molecule has 1 aromatic heterocycles. The Kier molecular flexibility index (Phi) is 4.50. The Morgan fingerprint density at radius 3 is 2.68 bits per heavy atom. The first-order chi connectivity index (χ1) is 9.29. The van der Waals surface area contributed by atoms with E-state index >= 15 is 0 Å². The molecule has 0 aliphatic rings. The van der Waals surface area contributed by atoms with Gasteiger partial charge >= 0.3 is 0 Å². The van der Waals surface area contributed by atoms with Gasteiger partial charge in [-0.3, -0.25) is 9.78 Å². The van der Waals surface area contributed by atoms with E-state index in [9.17, 15) is 4.79 Å². The molecule has 4 nitrogen and oxygen atoms in total. The molecule has 0 aliphatic carbocycles. The third kappa shape index (κ3) is 3.81. The normalized spacial score (nSPS) is 9.95. The van der Waals surface area contributed by atoms with Crippen LogP contribution in [-0.4, -0.2) is 17.4 Å². The predicted molar refractivity (Wildman–Crippen MR) is 77.4 cm³/mol. The topological polar surface area (TPSA) is 54.0 Å². The van der Waals surface area contributed by atoms with Crippen LogP contribution < -0.4 is 10.6 Å². The fourth-order valence-corrected chi connectivity index (χ4v) is 1.65. The van der Waals surface area contributed by atoms with Crippen molar-refractivity contribution < 1.29 is 4.79 Å². The number of carbonyl (C=O) groups is 1. The molecule has 0 radical (unpaired) electrons. The molecule has 2 aromatic rings. The Morgan fingerprint density at radius 1 is 1.16 bits per heavy atom. The van der Waals surface area contributed by atoms with Gasteiger partial charge in [0.05, 0.1) is 11.3 Å². The molecule has 0 aliphatic heterocycles. The Balaban J connectivity index is 2.06. The summed E-state index contributed by atoms with van der Waals surface area (Å²) in [6, 6.07) is 11.2. The maximum Gasteiger partial charge on any atom is 0.257 e. The van der Waals surface area contributed by atoms with Crippen LogP contribution in [-0.2, 0) is 0 Å². The molecule has 1 heterocycles. The summed E-state index contributed by atoms with van der Waals surface area (Å²) in [5.41, 5.74) is 2.19. The van der Waals surface area contributed by atoms with Crippen LogP contribution in [0, 0.1) is 0 Å². The van der Waals surface area contributed by atoms with Gasteiger partial charge in [0.1, 0.15) is 0 Å². The molecule has 1 aromatic carbocycles. The van der Waals surface area contributed by atoms with Gasteiger partial charge in [-0.15, -0.1) is 0 Å². The van der Waals surface area contributed by atoms with Crippen molar-refractivity contribution in [2.75, 3.05) is 17.2 Å². The van der Waals surface area contributed by atoms with Gasteiger partial charge in [-0.2, -0.15) is 0 Å². The number of aromatic nitrogens is 1. The Labute approximate surface area is 112 Å². The van der Waals surface area contributed by atoms with E-state index in [1.807, 2.05) is 30.3 Å². The Bertz CT molecular complexity index is 540. The van der Waals surface area contributed by atoms with Gasteiger partial charge in [0.25, 0.3) is 5.91 Å². The molecule has 2 N–H and O–H groups in total. The van der Waals surface area contributed by atoms with Crippen LogP contribution in [0.2, 0.25) is 0 Å². The van der Waals surface area contributed by atoms with E-state index in [2.05, 4.69) is 22.5 Å². The molecule has 1 amide bonds. The van der Waals surface area contributed by atoms with Crippen molar-refractivity contribution in [2.24, 2.45) is 0 Å². The van der Waals surface area contributed by atoms with Gasteiger partial charge in [-0.05, 0) is 24.6 Å². The second-order valence-corrected chi connectivity index (χ2v) is 4.21. The third-order valence-electron chi connectivity index (χ3n) is 2.61. The first kappa shape index (κ1) is 13.1. The van der Waals surface area contributed by atoms with Crippen LogP contribution in [0.3, 0.4) is 0 Å². The molecule has 0 bridgehead atoms.